The highest BCUT2D eigenvalue weighted by molar-refractivity contribution is 6.42. The normalized spacial score (nSPS) is 18.8. The van der Waals surface area contributed by atoms with Gasteiger partial charge in [-0.25, -0.2) is 0 Å². The van der Waals surface area contributed by atoms with Crippen LogP contribution in [0.2, 0.25) is 10.0 Å². The molecule has 0 aromatic heterocycles. The molecule has 3 heteroatoms. The second kappa shape index (κ2) is 8.26. The van der Waals surface area contributed by atoms with Crippen LogP contribution in [-0.4, -0.2) is 6.54 Å². The van der Waals surface area contributed by atoms with Crippen molar-refractivity contribution in [2.24, 2.45) is 5.92 Å². The molecule has 1 nitrogen and oxygen atoms in total. The Bertz CT molecular complexity index is 411. The zero-order valence-corrected chi connectivity index (χ0v) is 13.8. The SMILES string of the molecule is CCCNC(c1ccc(Cl)c(Cl)c1)C1CCCCCC1. The molecular formula is C17H25Cl2N. The summed E-state index contributed by atoms with van der Waals surface area (Å²) in [7, 11) is 0. The van der Waals surface area contributed by atoms with E-state index in [-0.39, 0.29) is 0 Å². The second-order valence-corrected chi connectivity index (χ2v) is 6.67. The molecular weight excluding hydrogens is 289 g/mol. The molecule has 0 amide bonds. The summed E-state index contributed by atoms with van der Waals surface area (Å²) in [5.41, 5.74) is 1.29. The van der Waals surface area contributed by atoms with Crippen LogP contribution in [0.4, 0.5) is 0 Å². The number of nitrogens with one attached hydrogen (secondary N) is 1. The first-order valence-electron chi connectivity index (χ1n) is 7.90. The summed E-state index contributed by atoms with van der Waals surface area (Å²) in [6.45, 7) is 3.27. The summed E-state index contributed by atoms with van der Waals surface area (Å²) < 4.78 is 0. The fraction of sp³-hybridized carbons (Fsp3) is 0.647. The molecule has 1 N–H and O–H groups in total. The van der Waals surface area contributed by atoms with E-state index >= 15 is 0 Å². The molecule has 1 aliphatic carbocycles. The van der Waals surface area contributed by atoms with E-state index in [9.17, 15) is 0 Å². The Labute approximate surface area is 133 Å². The number of halogens is 2. The van der Waals surface area contributed by atoms with Gasteiger partial charge in [0.15, 0.2) is 0 Å². The van der Waals surface area contributed by atoms with Crippen LogP contribution in [0.25, 0.3) is 0 Å². The highest BCUT2D eigenvalue weighted by Crippen LogP contribution is 2.35. The quantitative estimate of drug-likeness (QED) is 0.657. The number of benzene rings is 1. The summed E-state index contributed by atoms with van der Waals surface area (Å²) in [5, 5.41) is 5.04. The molecule has 0 spiro atoms. The van der Waals surface area contributed by atoms with E-state index in [1.165, 1.54) is 44.1 Å². The second-order valence-electron chi connectivity index (χ2n) is 5.86. The summed E-state index contributed by atoms with van der Waals surface area (Å²) in [6, 6.07) is 6.52. The molecule has 1 aromatic rings. The van der Waals surface area contributed by atoms with Crippen molar-refractivity contribution in [3.8, 4) is 0 Å². The summed E-state index contributed by atoms with van der Waals surface area (Å²) in [4.78, 5) is 0. The van der Waals surface area contributed by atoms with Crippen molar-refractivity contribution in [1.29, 1.82) is 0 Å². The third-order valence-corrected chi connectivity index (χ3v) is 5.03. The van der Waals surface area contributed by atoms with Crippen LogP contribution in [0, 0.1) is 5.92 Å². The Morgan fingerprint density at radius 1 is 1.10 bits per heavy atom. The van der Waals surface area contributed by atoms with Crippen molar-refractivity contribution >= 4 is 23.2 Å². The van der Waals surface area contributed by atoms with E-state index in [4.69, 9.17) is 23.2 Å². The van der Waals surface area contributed by atoms with Crippen LogP contribution < -0.4 is 5.32 Å². The van der Waals surface area contributed by atoms with Crippen LogP contribution >= 0.6 is 23.2 Å². The van der Waals surface area contributed by atoms with Crippen molar-refractivity contribution in [1.82, 2.24) is 5.32 Å². The average Bonchev–Trinajstić information content (AvgIpc) is 2.72. The molecule has 1 atom stereocenters. The zero-order chi connectivity index (χ0) is 14.4. The van der Waals surface area contributed by atoms with Gasteiger partial charge in [0.1, 0.15) is 0 Å². The smallest absolute Gasteiger partial charge is 0.0595 e. The van der Waals surface area contributed by atoms with E-state index in [0.717, 1.165) is 18.9 Å². The monoisotopic (exact) mass is 313 g/mol. The molecule has 1 fully saturated rings. The average molecular weight is 314 g/mol. The molecule has 0 saturated heterocycles. The lowest BCUT2D eigenvalue weighted by Crippen LogP contribution is -2.29. The molecule has 1 saturated carbocycles. The van der Waals surface area contributed by atoms with Gasteiger partial charge in [0.05, 0.1) is 10.0 Å². The Kier molecular flexibility index (Phi) is 6.67. The van der Waals surface area contributed by atoms with Gasteiger partial charge in [0, 0.05) is 6.04 Å². The zero-order valence-electron chi connectivity index (χ0n) is 12.3. The van der Waals surface area contributed by atoms with Crippen LogP contribution in [0.15, 0.2) is 18.2 Å². The van der Waals surface area contributed by atoms with Gasteiger partial charge in [-0.15, -0.1) is 0 Å². The van der Waals surface area contributed by atoms with Gasteiger partial charge in [-0.1, -0.05) is 61.9 Å². The van der Waals surface area contributed by atoms with E-state index in [2.05, 4.69) is 18.3 Å². The van der Waals surface area contributed by atoms with Crippen molar-refractivity contribution in [3.05, 3.63) is 33.8 Å². The van der Waals surface area contributed by atoms with E-state index in [0.29, 0.717) is 16.1 Å². The highest BCUT2D eigenvalue weighted by Gasteiger charge is 2.24. The van der Waals surface area contributed by atoms with Crippen LogP contribution in [0.5, 0.6) is 0 Å². The lowest BCUT2D eigenvalue weighted by atomic mass is 9.87. The number of hydrogen-bond acceptors (Lipinski definition) is 1. The molecule has 2 rings (SSSR count). The van der Waals surface area contributed by atoms with Gasteiger partial charge in [-0.2, -0.15) is 0 Å². The van der Waals surface area contributed by atoms with Crippen LogP contribution in [0.3, 0.4) is 0 Å². The fourth-order valence-electron chi connectivity index (χ4n) is 3.21. The maximum absolute atomic E-state index is 6.20. The molecule has 112 valence electrons. The first-order valence-corrected chi connectivity index (χ1v) is 8.66. The Morgan fingerprint density at radius 3 is 2.40 bits per heavy atom. The molecule has 0 aliphatic heterocycles. The molecule has 0 bridgehead atoms. The van der Waals surface area contributed by atoms with Crippen molar-refractivity contribution in [2.45, 2.75) is 57.9 Å². The van der Waals surface area contributed by atoms with Crippen molar-refractivity contribution in [2.75, 3.05) is 6.54 Å². The van der Waals surface area contributed by atoms with Gasteiger partial charge < -0.3 is 5.32 Å². The fourth-order valence-corrected chi connectivity index (χ4v) is 3.51. The van der Waals surface area contributed by atoms with Gasteiger partial charge in [-0.3, -0.25) is 0 Å². The largest absolute Gasteiger partial charge is 0.310 e. The third-order valence-electron chi connectivity index (χ3n) is 4.29. The standard InChI is InChI=1S/C17H25Cl2N/c1-2-11-20-17(13-7-5-3-4-6-8-13)14-9-10-15(18)16(19)12-14/h9-10,12-13,17,20H,2-8,11H2,1H3. The molecule has 1 aromatic carbocycles. The van der Waals surface area contributed by atoms with Gasteiger partial charge in [0.25, 0.3) is 0 Å². The molecule has 1 aliphatic rings. The lowest BCUT2D eigenvalue weighted by Gasteiger charge is -2.28. The van der Waals surface area contributed by atoms with Crippen molar-refractivity contribution in [3.63, 3.8) is 0 Å². The minimum absolute atomic E-state index is 0.419. The van der Waals surface area contributed by atoms with E-state index in [1.807, 2.05) is 12.1 Å². The first-order chi connectivity index (χ1) is 9.72. The number of hydrogen-bond donors (Lipinski definition) is 1. The predicted molar refractivity (Wildman–Crippen MR) is 88.7 cm³/mol. The van der Waals surface area contributed by atoms with Gasteiger partial charge in [0.2, 0.25) is 0 Å². The van der Waals surface area contributed by atoms with Gasteiger partial charge >= 0.3 is 0 Å². The molecule has 20 heavy (non-hydrogen) atoms. The maximum atomic E-state index is 6.20. The lowest BCUT2D eigenvalue weighted by molar-refractivity contribution is 0.326. The summed E-state index contributed by atoms with van der Waals surface area (Å²) in [5.74, 6) is 0.723. The topological polar surface area (TPSA) is 12.0 Å². The number of rotatable bonds is 5. The molecule has 0 heterocycles. The molecule has 1 unspecified atom stereocenters. The highest BCUT2D eigenvalue weighted by atomic mass is 35.5. The Morgan fingerprint density at radius 2 is 1.80 bits per heavy atom. The minimum atomic E-state index is 0.419. The summed E-state index contributed by atoms with van der Waals surface area (Å²) >= 11 is 12.3. The van der Waals surface area contributed by atoms with Crippen LogP contribution in [-0.2, 0) is 0 Å². The minimum Gasteiger partial charge on any atom is -0.310 e. The third kappa shape index (κ3) is 4.38. The Balaban J connectivity index is 2.18. The van der Waals surface area contributed by atoms with Crippen LogP contribution in [0.1, 0.15) is 63.5 Å². The Hall–Kier alpha value is -0.240. The van der Waals surface area contributed by atoms with E-state index in [1.54, 1.807) is 0 Å². The molecule has 0 radical (unpaired) electrons. The first kappa shape index (κ1) is 16.1. The maximum Gasteiger partial charge on any atom is 0.0595 e. The predicted octanol–water partition coefficient (Wildman–Crippen LogP) is 6.00. The summed E-state index contributed by atoms with van der Waals surface area (Å²) in [6.07, 6.45) is 9.29. The van der Waals surface area contributed by atoms with Gasteiger partial charge in [-0.05, 0) is 49.4 Å². The van der Waals surface area contributed by atoms with E-state index < -0.39 is 0 Å². The van der Waals surface area contributed by atoms with Crippen molar-refractivity contribution < 1.29 is 0 Å².